The summed E-state index contributed by atoms with van der Waals surface area (Å²) in [5.74, 6) is -1.49. The number of carboxylic acid groups (broad SMARTS) is 1. The Bertz CT molecular complexity index is 478. The Morgan fingerprint density at radius 2 is 2.22 bits per heavy atom. The molecule has 0 aliphatic carbocycles. The smallest absolute Gasteiger partial charge is 0.253 e. The third kappa shape index (κ3) is 2.68. The van der Waals surface area contributed by atoms with Gasteiger partial charge in [-0.2, -0.15) is 0 Å². The lowest BCUT2D eigenvalue weighted by Gasteiger charge is -2.14. The van der Waals surface area contributed by atoms with E-state index in [1.54, 1.807) is 13.0 Å². The number of benzene rings is 1. The van der Waals surface area contributed by atoms with E-state index in [2.05, 4.69) is 5.32 Å². The molecule has 0 unspecified atom stereocenters. The molecule has 96 valence electrons. The zero-order chi connectivity index (χ0) is 13.1. The van der Waals surface area contributed by atoms with E-state index >= 15 is 0 Å². The van der Waals surface area contributed by atoms with E-state index in [9.17, 15) is 14.7 Å². The van der Waals surface area contributed by atoms with Crippen molar-refractivity contribution in [2.75, 3.05) is 11.9 Å². The Morgan fingerprint density at radius 1 is 1.44 bits per heavy atom. The Labute approximate surface area is 105 Å². The maximum Gasteiger partial charge on any atom is 0.253 e. The van der Waals surface area contributed by atoms with Gasteiger partial charge in [0.1, 0.15) is 6.10 Å². The molecule has 5 heteroatoms. The van der Waals surface area contributed by atoms with Gasteiger partial charge in [-0.15, -0.1) is 0 Å². The van der Waals surface area contributed by atoms with Gasteiger partial charge in [-0.1, -0.05) is 12.1 Å². The predicted octanol–water partition coefficient (Wildman–Crippen LogP) is 0.476. The second-order valence-electron chi connectivity index (χ2n) is 4.31. The summed E-state index contributed by atoms with van der Waals surface area (Å²) in [6, 6.07) is 4.49. The van der Waals surface area contributed by atoms with Crippen molar-refractivity contribution in [1.29, 1.82) is 0 Å². The minimum atomic E-state index is -1.26. The van der Waals surface area contributed by atoms with Crippen LogP contribution in [0.2, 0.25) is 0 Å². The summed E-state index contributed by atoms with van der Waals surface area (Å²) in [6.45, 7) is 2.39. The maximum absolute atomic E-state index is 11.8. The van der Waals surface area contributed by atoms with Crippen molar-refractivity contribution < 1.29 is 19.4 Å². The monoisotopic (exact) mass is 248 g/mol. The van der Waals surface area contributed by atoms with Gasteiger partial charge < -0.3 is 20.0 Å². The molecule has 0 saturated carbocycles. The molecule has 1 aromatic rings. The third-order valence-corrected chi connectivity index (χ3v) is 2.95. The summed E-state index contributed by atoms with van der Waals surface area (Å²) in [7, 11) is 0. The van der Waals surface area contributed by atoms with Crippen LogP contribution in [-0.2, 0) is 9.53 Å². The first-order chi connectivity index (χ1) is 8.58. The predicted molar refractivity (Wildman–Crippen MR) is 63.1 cm³/mol. The molecule has 1 fully saturated rings. The zero-order valence-electron chi connectivity index (χ0n) is 10.1. The molecule has 18 heavy (non-hydrogen) atoms. The fourth-order valence-corrected chi connectivity index (χ4v) is 1.88. The van der Waals surface area contributed by atoms with Crippen molar-refractivity contribution in [1.82, 2.24) is 0 Å². The summed E-state index contributed by atoms with van der Waals surface area (Å²) in [5, 5.41) is 13.5. The standard InChI is InChI=1S/C13H15NO4/c1-8-4-5-9(13(16)17)7-10(8)14-12(15)11-3-2-6-18-11/h4-5,7,11H,2-3,6H2,1H3,(H,14,15)(H,16,17)/p-1/t11-/m0/s1. The number of amides is 1. The summed E-state index contributed by atoms with van der Waals surface area (Å²) in [6.07, 6.45) is 1.14. The first-order valence-electron chi connectivity index (χ1n) is 5.82. The number of hydrogen-bond acceptors (Lipinski definition) is 4. The van der Waals surface area contributed by atoms with E-state index in [1.807, 2.05) is 0 Å². The lowest BCUT2D eigenvalue weighted by Crippen LogP contribution is -2.27. The molecule has 0 bridgehead atoms. The highest BCUT2D eigenvalue weighted by molar-refractivity contribution is 5.96. The second kappa shape index (κ2) is 5.18. The van der Waals surface area contributed by atoms with E-state index in [1.165, 1.54) is 12.1 Å². The fraction of sp³-hybridized carbons (Fsp3) is 0.385. The van der Waals surface area contributed by atoms with Gasteiger partial charge in [0.2, 0.25) is 0 Å². The van der Waals surface area contributed by atoms with Crippen LogP contribution in [0.15, 0.2) is 18.2 Å². The van der Waals surface area contributed by atoms with Crippen LogP contribution in [0, 0.1) is 6.92 Å². The van der Waals surface area contributed by atoms with Crippen molar-refractivity contribution >= 4 is 17.6 Å². The van der Waals surface area contributed by atoms with E-state index in [0.717, 1.165) is 12.0 Å². The maximum atomic E-state index is 11.8. The number of anilines is 1. The van der Waals surface area contributed by atoms with Crippen molar-refractivity contribution in [2.45, 2.75) is 25.9 Å². The Morgan fingerprint density at radius 3 is 2.83 bits per heavy atom. The molecule has 1 atom stereocenters. The van der Waals surface area contributed by atoms with Crippen LogP contribution >= 0.6 is 0 Å². The molecule has 5 nitrogen and oxygen atoms in total. The highest BCUT2D eigenvalue weighted by Crippen LogP contribution is 2.19. The number of carbonyl (C=O) groups excluding carboxylic acids is 2. The summed E-state index contributed by atoms with van der Waals surface area (Å²) < 4.78 is 5.26. The Kier molecular flexibility index (Phi) is 3.62. The van der Waals surface area contributed by atoms with Crippen LogP contribution in [0.3, 0.4) is 0 Å². The van der Waals surface area contributed by atoms with Crippen LogP contribution in [0.4, 0.5) is 5.69 Å². The molecule has 1 aromatic carbocycles. The van der Waals surface area contributed by atoms with E-state index < -0.39 is 12.1 Å². The van der Waals surface area contributed by atoms with Gasteiger partial charge in [-0.05, 0) is 37.0 Å². The largest absolute Gasteiger partial charge is 0.545 e. The second-order valence-corrected chi connectivity index (χ2v) is 4.31. The number of carboxylic acids is 1. The summed E-state index contributed by atoms with van der Waals surface area (Å²) in [4.78, 5) is 22.6. The lowest BCUT2D eigenvalue weighted by atomic mass is 10.1. The number of aromatic carboxylic acids is 1. The topological polar surface area (TPSA) is 78.5 Å². The quantitative estimate of drug-likeness (QED) is 0.843. The average Bonchev–Trinajstić information content (AvgIpc) is 2.85. The number of nitrogens with one attached hydrogen (secondary N) is 1. The molecule has 1 N–H and O–H groups in total. The Balaban J connectivity index is 2.14. The van der Waals surface area contributed by atoms with Crippen molar-refractivity contribution in [3.8, 4) is 0 Å². The van der Waals surface area contributed by atoms with Gasteiger partial charge in [-0.25, -0.2) is 0 Å². The first kappa shape index (κ1) is 12.6. The molecular weight excluding hydrogens is 234 g/mol. The van der Waals surface area contributed by atoms with Crippen molar-refractivity contribution in [2.24, 2.45) is 0 Å². The minimum absolute atomic E-state index is 0.0447. The number of ether oxygens (including phenoxy) is 1. The molecule has 0 radical (unpaired) electrons. The highest BCUT2D eigenvalue weighted by Gasteiger charge is 2.23. The van der Waals surface area contributed by atoms with Gasteiger partial charge in [-0.3, -0.25) is 4.79 Å². The van der Waals surface area contributed by atoms with Gasteiger partial charge in [0.15, 0.2) is 0 Å². The van der Waals surface area contributed by atoms with Gasteiger partial charge in [0.25, 0.3) is 5.91 Å². The van der Waals surface area contributed by atoms with Crippen LogP contribution in [0.1, 0.15) is 28.8 Å². The van der Waals surface area contributed by atoms with Gasteiger partial charge >= 0.3 is 0 Å². The summed E-state index contributed by atoms with van der Waals surface area (Å²) >= 11 is 0. The SMILES string of the molecule is Cc1ccc(C(=O)[O-])cc1NC(=O)[C@@H]1CCCO1. The summed E-state index contributed by atoms with van der Waals surface area (Å²) in [5.41, 5.74) is 1.33. The first-order valence-corrected chi connectivity index (χ1v) is 5.82. The van der Waals surface area contributed by atoms with Crippen molar-refractivity contribution in [3.05, 3.63) is 29.3 Å². The zero-order valence-corrected chi connectivity index (χ0v) is 10.1. The number of hydrogen-bond donors (Lipinski definition) is 1. The van der Waals surface area contributed by atoms with Gasteiger partial charge in [0.05, 0.1) is 5.97 Å². The van der Waals surface area contributed by atoms with E-state index in [-0.39, 0.29) is 11.5 Å². The van der Waals surface area contributed by atoms with Crippen LogP contribution < -0.4 is 10.4 Å². The molecule has 2 rings (SSSR count). The number of rotatable bonds is 3. The molecule has 1 heterocycles. The molecular formula is C13H14NO4-. The molecule has 1 aliphatic heterocycles. The Hall–Kier alpha value is -1.88. The van der Waals surface area contributed by atoms with E-state index in [4.69, 9.17) is 4.74 Å². The number of carbonyl (C=O) groups is 2. The molecule has 0 spiro atoms. The van der Waals surface area contributed by atoms with Crippen LogP contribution in [-0.4, -0.2) is 24.6 Å². The molecule has 1 amide bonds. The molecule has 1 aliphatic rings. The molecule has 0 aromatic heterocycles. The van der Waals surface area contributed by atoms with Gasteiger partial charge in [0, 0.05) is 12.3 Å². The fourth-order valence-electron chi connectivity index (χ4n) is 1.88. The number of aryl methyl sites for hydroxylation is 1. The van der Waals surface area contributed by atoms with E-state index in [0.29, 0.717) is 18.7 Å². The highest BCUT2D eigenvalue weighted by atomic mass is 16.5. The third-order valence-electron chi connectivity index (χ3n) is 2.95. The average molecular weight is 248 g/mol. The van der Waals surface area contributed by atoms with Crippen LogP contribution in [0.5, 0.6) is 0 Å². The van der Waals surface area contributed by atoms with Crippen LogP contribution in [0.25, 0.3) is 0 Å². The molecule has 1 saturated heterocycles. The lowest BCUT2D eigenvalue weighted by molar-refractivity contribution is -0.255. The minimum Gasteiger partial charge on any atom is -0.545 e. The van der Waals surface area contributed by atoms with Crippen molar-refractivity contribution in [3.63, 3.8) is 0 Å². The normalized spacial score (nSPS) is 18.6.